The average molecular weight is 398 g/mol. The molecule has 1 saturated heterocycles. The molecule has 1 aliphatic rings. The number of nitro groups is 1. The number of piperazine rings is 1. The zero-order chi connectivity index (χ0) is 16.4. The Kier molecular flexibility index (Phi) is 4.88. The largest absolute Gasteiger partial charge is 0.348 e. The van der Waals surface area contributed by atoms with Crippen LogP contribution in [0.4, 0.5) is 11.5 Å². The molecule has 23 heavy (non-hydrogen) atoms. The summed E-state index contributed by atoms with van der Waals surface area (Å²) in [5, 5.41) is 14.3. The minimum atomic E-state index is -0.377. The second-order valence-electron chi connectivity index (χ2n) is 5.32. The van der Waals surface area contributed by atoms with Gasteiger partial charge in [-0.2, -0.15) is 0 Å². The number of thiazole rings is 1. The Balaban J connectivity index is 1.71. The summed E-state index contributed by atoms with van der Waals surface area (Å²) >= 11 is 4.90. The van der Waals surface area contributed by atoms with Crippen molar-refractivity contribution in [3.63, 3.8) is 0 Å². The van der Waals surface area contributed by atoms with E-state index in [-0.39, 0.29) is 16.7 Å². The zero-order valence-corrected chi connectivity index (χ0v) is 15.0. The minimum Gasteiger partial charge on any atom is -0.348 e. The number of hydrogen-bond acceptors (Lipinski definition) is 7. The van der Waals surface area contributed by atoms with E-state index in [9.17, 15) is 10.1 Å². The zero-order valence-electron chi connectivity index (χ0n) is 12.6. The predicted octanol–water partition coefficient (Wildman–Crippen LogP) is 3.09. The first-order valence-electron chi connectivity index (χ1n) is 7.24. The Bertz CT molecular complexity index is 688. The summed E-state index contributed by atoms with van der Waals surface area (Å²) in [7, 11) is 0. The topological polar surface area (TPSA) is 75.4 Å². The van der Waals surface area contributed by atoms with Crippen molar-refractivity contribution < 1.29 is 4.92 Å². The molecule has 2 aromatic rings. The monoisotopic (exact) mass is 397 g/mol. The lowest BCUT2D eigenvalue weighted by Crippen LogP contribution is -2.47. The van der Waals surface area contributed by atoms with Crippen LogP contribution in [0.1, 0.15) is 18.0 Å². The third-order valence-electron chi connectivity index (χ3n) is 3.98. The molecule has 3 heterocycles. The molecule has 0 bridgehead atoms. The van der Waals surface area contributed by atoms with Gasteiger partial charge in [-0.05, 0) is 22.9 Å². The summed E-state index contributed by atoms with van der Waals surface area (Å²) in [5.41, 5.74) is 0.0424. The fraction of sp³-hybridized carbons (Fsp3) is 0.429. The second-order valence-corrected chi connectivity index (χ2v) is 7.16. The molecule has 9 heteroatoms. The maximum Gasteiger partial charge on any atom is 0.312 e. The number of aromatic nitrogens is 2. The minimum absolute atomic E-state index is 0.0424. The van der Waals surface area contributed by atoms with E-state index in [0.29, 0.717) is 23.4 Å². The summed E-state index contributed by atoms with van der Waals surface area (Å²) in [6.45, 7) is 5.23. The lowest BCUT2D eigenvalue weighted by atomic mass is 10.2. The van der Waals surface area contributed by atoms with Crippen molar-refractivity contribution in [2.24, 2.45) is 0 Å². The fourth-order valence-corrected chi connectivity index (χ4v) is 3.77. The van der Waals surface area contributed by atoms with Crippen molar-refractivity contribution in [2.75, 3.05) is 31.1 Å². The molecule has 0 aliphatic carbocycles. The number of halogens is 1. The molecular formula is C14H16BrN5O2S. The van der Waals surface area contributed by atoms with E-state index in [4.69, 9.17) is 0 Å². The molecule has 1 unspecified atom stereocenters. The molecule has 3 rings (SSSR count). The summed E-state index contributed by atoms with van der Waals surface area (Å²) in [4.78, 5) is 23.8. The molecule has 0 radical (unpaired) electrons. The van der Waals surface area contributed by atoms with Crippen molar-refractivity contribution in [2.45, 2.75) is 13.0 Å². The normalized spacial score (nSPS) is 17.2. The van der Waals surface area contributed by atoms with E-state index in [1.165, 1.54) is 6.07 Å². The molecule has 7 nitrogen and oxygen atoms in total. The highest BCUT2D eigenvalue weighted by Crippen LogP contribution is 2.30. The van der Waals surface area contributed by atoms with E-state index in [1.54, 1.807) is 17.5 Å². The third kappa shape index (κ3) is 3.51. The van der Waals surface area contributed by atoms with Crippen molar-refractivity contribution in [3.05, 3.63) is 43.4 Å². The van der Waals surface area contributed by atoms with Gasteiger partial charge in [-0.1, -0.05) is 0 Å². The van der Waals surface area contributed by atoms with Crippen LogP contribution in [0.2, 0.25) is 0 Å². The maximum atomic E-state index is 11.2. The van der Waals surface area contributed by atoms with Crippen LogP contribution in [0.5, 0.6) is 0 Å². The van der Waals surface area contributed by atoms with Gasteiger partial charge in [0.2, 0.25) is 5.82 Å². The highest BCUT2D eigenvalue weighted by molar-refractivity contribution is 9.10. The van der Waals surface area contributed by atoms with Gasteiger partial charge in [0.1, 0.15) is 5.01 Å². The highest BCUT2D eigenvalue weighted by atomic mass is 79.9. The standard InChI is InChI=1S/C14H16BrN5O2S/c1-10(14-16-2-7-23-14)18-3-5-19(6-4-18)13-12(20(21)22)8-11(15)9-17-13/h2,7-10H,3-6H2,1H3. The van der Waals surface area contributed by atoms with Gasteiger partial charge in [0.05, 0.1) is 11.0 Å². The van der Waals surface area contributed by atoms with Crippen molar-refractivity contribution in [1.29, 1.82) is 0 Å². The Morgan fingerprint density at radius 3 is 2.70 bits per heavy atom. The van der Waals surface area contributed by atoms with Gasteiger partial charge in [-0.3, -0.25) is 15.0 Å². The summed E-state index contributed by atoms with van der Waals surface area (Å²) in [5.74, 6) is 0.444. The number of nitrogens with zero attached hydrogens (tertiary/aromatic N) is 5. The first-order valence-corrected chi connectivity index (χ1v) is 8.92. The third-order valence-corrected chi connectivity index (χ3v) is 5.36. The van der Waals surface area contributed by atoms with E-state index in [2.05, 4.69) is 37.7 Å². The summed E-state index contributed by atoms with van der Waals surface area (Å²) in [6.07, 6.45) is 3.43. The second kappa shape index (κ2) is 6.90. The first-order chi connectivity index (χ1) is 11.1. The molecular weight excluding hydrogens is 382 g/mol. The lowest BCUT2D eigenvalue weighted by molar-refractivity contribution is -0.384. The van der Waals surface area contributed by atoms with Gasteiger partial charge in [-0.15, -0.1) is 11.3 Å². The molecule has 0 spiro atoms. The molecule has 2 aromatic heterocycles. The van der Waals surface area contributed by atoms with Crippen LogP contribution in [0.3, 0.4) is 0 Å². The molecule has 122 valence electrons. The molecule has 1 aliphatic heterocycles. The Labute approximate surface area is 146 Å². The quantitative estimate of drug-likeness (QED) is 0.582. The van der Waals surface area contributed by atoms with Crippen molar-refractivity contribution in [3.8, 4) is 0 Å². The van der Waals surface area contributed by atoms with Crippen LogP contribution in [0.15, 0.2) is 28.3 Å². The SMILES string of the molecule is CC(c1nccs1)N1CCN(c2ncc(Br)cc2[N+](=O)[O-])CC1. The number of rotatable bonds is 4. The van der Waals surface area contributed by atoms with Crippen molar-refractivity contribution >= 4 is 38.8 Å². The van der Waals surface area contributed by atoms with Gasteiger partial charge >= 0.3 is 5.69 Å². The van der Waals surface area contributed by atoms with Gasteiger partial charge in [0, 0.05) is 54.5 Å². The average Bonchev–Trinajstić information content (AvgIpc) is 3.09. The Hall–Kier alpha value is -1.58. The Morgan fingerprint density at radius 2 is 2.09 bits per heavy atom. The number of anilines is 1. The van der Waals surface area contributed by atoms with Crippen molar-refractivity contribution in [1.82, 2.24) is 14.9 Å². The molecule has 0 N–H and O–H groups in total. The smallest absolute Gasteiger partial charge is 0.312 e. The fourth-order valence-electron chi connectivity index (χ4n) is 2.72. The van der Waals surface area contributed by atoms with Crippen LogP contribution in [-0.4, -0.2) is 46.0 Å². The highest BCUT2D eigenvalue weighted by Gasteiger charge is 2.28. The van der Waals surface area contributed by atoms with E-state index < -0.39 is 0 Å². The lowest BCUT2D eigenvalue weighted by Gasteiger charge is -2.37. The molecule has 0 aromatic carbocycles. The van der Waals surface area contributed by atoms with E-state index in [0.717, 1.165) is 18.1 Å². The number of pyridine rings is 1. The first kappa shape index (κ1) is 16.3. The van der Waals surface area contributed by atoms with E-state index >= 15 is 0 Å². The van der Waals surface area contributed by atoms with Crippen LogP contribution < -0.4 is 4.90 Å². The Morgan fingerprint density at radius 1 is 1.35 bits per heavy atom. The van der Waals surface area contributed by atoms with Crippen LogP contribution in [-0.2, 0) is 0 Å². The summed E-state index contributed by atoms with van der Waals surface area (Å²) in [6, 6.07) is 1.78. The summed E-state index contributed by atoms with van der Waals surface area (Å²) < 4.78 is 0.615. The van der Waals surface area contributed by atoms with E-state index in [1.807, 2.05) is 16.5 Å². The molecule has 1 atom stereocenters. The molecule has 0 amide bonds. The van der Waals surface area contributed by atoms with Gasteiger partial charge in [0.15, 0.2) is 0 Å². The molecule has 1 fully saturated rings. The number of hydrogen-bond donors (Lipinski definition) is 0. The van der Waals surface area contributed by atoms with Gasteiger partial charge in [0.25, 0.3) is 0 Å². The van der Waals surface area contributed by atoms with Crippen LogP contribution in [0, 0.1) is 10.1 Å². The van der Waals surface area contributed by atoms with Crippen LogP contribution in [0.25, 0.3) is 0 Å². The predicted molar refractivity (Wildman–Crippen MR) is 92.9 cm³/mol. The van der Waals surface area contributed by atoms with Crippen LogP contribution >= 0.6 is 27.3 Å². The van der Waals surface area contributed by atoms with Gasteiger partial charge < -0.3 is 4.90 Å². The molecule has 0 saturated carbocycles. The van der Waals surface area contributed by atoms with Gasteiger partial charge in [-0.25, -0.2) is 9.97 Å². The maximum absolute atomic E-state index is 11.2.